The second-order valence-electron chi connectivity index (χ2n) is 13.9. The van der Waals surface area contributed by atoms with E-state index in [9.17, 15) is 14.4 Å². The van der Waals surface area contributed by atoms with Crippen molar-refractivity contribution in [3.05, 3.63) is 30.0 Å². The molecule has 1 amide bonds. The molecule has 2 fully saturated rings. The molecule has 1 saturated carbocycles. The first kappa shape index (κ1) is 31.3. The average molecular weight is 600 g/mol. The molecule has 6 atom stereocenters. The first-order valence-electron chi connectivity index (χ1n) is 15.5. The number of carbonyl (C=O) groups is 3. The van der Waals surface area contributed by atoms with Crippen LogP contribution in [0, 0.1) is 23.2 Å². The molecule has 10 heteroatoms. The van der Waals surface area contributed by atoms with E-state index in [0.29, 0.717) is 36.6 Å². The van der Waals surface area contributed by atoms with Gasteiger partial charge in [-0.1, -0.05) is 46.2 Å². The summed E-state index contributed by atoms with van der Waals surface area (Å²) in [4.78, 5) is 50.0. The summed E-state index contributed by atoms with van der Waals surface area (Å²) in [6, 6.07) is 5.94. The van der Waals surface area contributed by atoms with E-state index in [4.69, 9.17) is 9.47 Å². The van der Waals surface area contributed by atoms with Gasteiger partial charge in [0.1, 0.15) is 18.0 Å². The van der Waals surface area contributed by atoms with Gasteiger partial charge in [0.05, 0.1) is 36.0 Å². The van der Waals surface area contributed by atoms with Gasteiger partial charge in [0.25, 0.3) is 5.92 Å². The fraction of sp³-hybridized carbons (Fsp3) is 0.667. The molecule has 3 heterocycles. The van der Waals surface area contributed by atoms with Crippen LogP contribution in [-0.2, 0) is 25.0 Å². The van der Waals surface area contributed by atoms with Crippen molar-refractivity contribution < 1.29 is 32.6 Å². The maximum atomic E-state index is 15.9. The van der Waals surface area contributed by atoms with Crippen LogP contribution >= 0.6 is 0 Å². The summed E-state index contributed by atoms with van der Waals surface area (Å²) in [5, 5.41) is 0. The highest BCUT2D eigenvalue weighted by molar-refractivity contribution is 5.87. The van der Waals surface area contributed by atoms with Crippen LogP contribution in [0.1, 0.15) is 91.7 Å². The zero-order valence-corrected chi connectivity index (χ0v) is 25.8. The normalized spacial score (nSPS) is 32.3. The van der Waals surface area contributed by atoms with E-state index >= 15 is 8.78 Å². The van der Waals surface area contributed by atoms with E-state index in [2.05, 4.69) is 9.97 Å². The monoisotopic (exact) mass is 599 g/mol. The van der Waals surface area contributed by atoms with Crippen molar-refractivity contribution >= 4 is 29.2 Å². The van der Waals surface area contributed by atoms with Crippen molar-refractivity contribution in [3.63, 3.8) is 0 Å². The SMILES string of the molecule is C[C@@H]1[C@@H]2CN(C(=O)[C@H](C(C)(C)C)CC(=O)O[C@]3(C)CCC[C@H]3CCCCC(F)(F)c3nc4ccccc4nc3O2)[C@@H]1C=O. The van der Waals surface area contributed by atoms with Crippen molar-refractivity contribution in [2.45, 2.75) is 110 Å². The lowest BCUT2D eigenvalue weighted by Gasteiger charge is -2.36. The molecule has 2 aromatic rings. The lowest BCUT2D eigenvalue weighted by Crippen LogP contribution is -2.47. The van der Waals surface area contributed by atoms with Gasteiger partial charge in [-0.15, -0.1) is 0 Å². The number of ether oxygens (including phenoxy) is 2. The van der Waals surface area contributed by atoms with Crippen LogP contribution in [0.4, 0.5) is 8.78 Å². The van der Waals surface area contributed by atoms with Crippen LogP contribution in [0.25, 0.3) is 11.0 Å². The molecular weight excluding hydrogens is 556 g/mol. The van der Waals surface area contributed by atoms with Gasteiger partial charge in [-0.2, -0.15) is 8.78 Å². The molecule has 0 radical (unpaired) electrons. The summed E-state index contributed by atoms with van der Waals surface area (Å²) in [6.45, 7) is 9.33. The molecule has 1 saturated heterocycles. The number of carbonyl (C=O) groups excluding carboxylic acids is 3. The lowest BCUT2D eigenvalue weighted by molar-refractivity contribution is -0.167. The summed E-state index contributed by atoms with van der Waals surface area (Å²) in [5.41, 5.74) is -1.09. The van der Waals surface area contributed by atoms with Gasteiger partial charge in [0.2, 0.25) is 11.8 Å². The smallest absolute Gasteiger partial charge is 0.307 e. The van der Waals surface area contributed by atoms with E-state index in [0.717, 1.165) is 12.8 Å². The van der Waals surface area contributed by atoms with Crippen molar-refractivity contribution in [1.29, 1.82) is 0 Å². The maximum Gasteiger partial charge on any atom is 0.307 e. The minimum Gasteiger partial charge on any atom is -0.471 e. The molecule has 0 unspecified atom stereocenters. The summed E-state index contributed by atoms with van der Waals surface area (Å²) in [6.07, 6.45) is 3.24. The summed E-state index contributed by atoms with van der Waals surface area (Å²) in [7, 11) is 0. The number of alkyl halides is 2. The molecule has 1 aliphatic carbocycles. The highest BCUT2D eigenvalue weighted by Gasteiger charge is 2.49. The first-order chi connectivity index (χ1) is 20.2. The minimum absolute atomic E-state index is 0.00958. The van der Waals surface area contributed by atoms with Crippen LogP contribution in [0.3, 0.4) is 0 Å². The number of para-hydroxylation sites is 2. The molecule has 5 rings (SSSR count). The zero-order valence-electron chi connectivity index (χ0n) is 25.8. The largest absolute Gasteiger partial charge is 0.471 e. The number of hydrogen-bond acceptors (Lipinski definition) is 7. The van der Waals surface area contributed by atoms with Gasteiger partial charge in [0, 0.05) is 12.3 Å². The van der Waals surface area contributed by atoms with Gasteiger partial charge >= 0.3 is 5.97 Å². The number of aromatic nitrogens is 2. The van der Waals surface area contributed by atoms with E-state index in [1.807, 2.05) is 27.7 Å². The summed E-state index contributed by atoms with van der Waals surface area (Å²) >= 11 is 0. The highest BCUT2D eigenvalue weighted by Crippen LogP contribution is 2.45. The standard InChI is InChI=1S/C33H43F2N3O5/c1-20-25(19-39)38-18-26(20)42-29-28(36-23-13-6-7-14-24(23)37-29)33(34,35)16-9-8-11-21-12-10-15-32(21,5)43-27(40)17-22(30(38)41)31(2,3)4/h6-7,13-14,19-22,25-26H,8-12,15-18H2,1-5H3/t20-,21+,22+,25+,26-,32+/m0/s1. The van der Waals surface area contributed by atoms with Gasteiger partial charge < -0.3 is 19.2 Å². The van der Waals surface area contributed by atoms with Gasteiger partial charge in [-0.3, -0.25) is 9.59 Å². The van der Waals surface area contributed by atoms with Crippen LogP contribution < -0.4 is 4.74 Å². The Labute approximate surface area is 251 Å². The lowest BCUT2D eigenvalue weighted by atomic mass is 9.77. The molecule has 3 aliphatic rings. The minimum atomic E-state index is -3.32. The fourth-order valence-electron chi connectivity index (χ4n) is 7.09. The van der Waals surface area contributed by atoms with Crippen molar-refractivity contribution in [3.8, 4) is 5.88 Å². The van der Waals surface area contributed by atoms with E-state index < -0.39 is 59.0 Å². The molecular formula is C33H43F2N3O5. The zero-order chi connectivity index (χ0) is 31.2. The first-order valence-corrected chi connectivity index (χ1v) is 15.5. The predicted octanol–water partition coefficient (Wildman–Crippen LogP) is 6.24. The van der Waals surface area contributed by atoms with Crippen molar-refractivity contribution in [1.82, 2.24) is 14.9 Å². The van der Waals surface area contributed by atoms with Gasteiger partial charge in [-0.25, -0.2) is 9.97 Å². The number of esters is 1. The predicted molar refractivity (Wildman–Crippen MR) is 156 cm³/mol. The number of aldehydes is 1. The number of rotatable bonds is 1. The molecule has 0 N–H and O–H groups in total. The Morgan fingerprint density at radius 2 is 1.70 bits per heavy atom. The summed E-state index contributed by atoms with van der Waals surface area (Å²) < 4.78 is 44.1. The highest BCUT2D eigenvalue weighted by atomic mass is 19.3. The maximum absolute atomic E-state index is 15.9. The Morgan fingerprint density at radius 1 is 1.02 bits per heavy atom. The third kappa shape index (κ3) is 6.25. The number of hydrogen-bond donors (Lipinski definition) is 0. The van der Waals surface area contributed by atoms with Crippen LogP contribution in [0.5, 0.6) is 5.88 Å². The fourth-order valence-corrected chi connectivity index (χ4v) is 7.09. The molecule has 234 valence electrons. The topological polar surface area (TPSA) is 98.7 Å². The Balaban J connectivity index is 1.56. The number of nitrogens with zero attached hydrogens (tertiary/aromatic N) is 3. The van der Waals surface area contributed by atoms with Crippen molar-refractivity contribution in [2.24, 2.45) is 23.2 Å². The Morgan fingerprint density at radius 3 is 2.37 bits per heavy atom. The Bertz CT molecular complexity index is 1380. The second kappa shape index (κ2) is 11.7. The number of fused-ring (bicyclic) bond motifs is 5. The van der Waals surface area contributed by atoms with E-state index in [-0.39, 0.29) is 37.1 Å². The third-order valence-electron chi connectivity index (χ3n) is 9.88. The summed E-state index contributed by atoms with van der Waals surface area (Å²) in [5.74, 6) is -5.62. The number of halogens is 2. The Hall–Kier alpha value is -3.17. The van der Waals surface area contributed by atoms with E-state index in [1.165, 1.54) is 4.90 Å². The molecule has 43 heavy (non-hydrogen) atoms. The quantitative estimate of drug-likeness (QED) is 0.283. The molecule has 1 aromatic heterocycles. The van der Waals surface area contributed by atoms with Crippen LogP contribution in [-0.4, -0.2) is 57.3 Å². The molecule has 2 bridgehead atoms. The molecule has 1 aromatic carbocycles. The van der Waals surface area contributed by atoms with Crippen molar-refractivity contribution in [2.75, 3.05) is 6.54 Å². The van der Waals surface area contributed by atoms with Gasteiger partial charge in [0.15, 0.2) is 5.69 Å². The molecule has 8 nitrogen and oxygen atoms in total. The molecule has 0 spiro atoms. The number of benzene rings is 1. The Kier molecular flexibility index (Phi) is 8.53. The van der Waals surface area contributed by atoms with Gasteiger partial charge in [-0.05, 0) is 62.5 Å². The van der Waals surface area contributed by atoms with E-state index in [1.54, 1.807) is 31.2 Å². The second-order valence-corrected chi connectivity index (χ2v) is 13.9. The third-order valence-corrected chi connectivity index (χ3v) is 9.88. The average Bonchev–Trinajstić information content (AvgIpc) is 3.46. The van der Waals surface area contributed by atoms with Crippen LogP contribution in [0.15, 0.2) is 24.3 Å². The number of amides is 1. The van der Waals surface area contributed by atoms with Crippen LogP contribution in [0.2, 0.25) is 0 Å². The molecule has 2 aliphatic heterocycles.